The molecule has 2 rings (SSSR count). The van der Waals surface area contributed by atoms with Gasteiger partial charge in [-0.1, -0.05) is 0 Å². The van der Waals surface area contributed by atoms with Gasteiger partial charge in [0.05, 0.1) is 11.4 Å². The molecule has 23 heavy (non-hydrogen) atoms. The Morgan fingerprint density at radius 2 is 2.04 bits per heavy atom. The third kappa shape index (κ3) is 5.70. The molecule has 0 unspecified atom stereocenters. The minimum Gasteiger partial charge on any atom is -0.355 e. The molecule has 1 amide bonds. The number of amides is 1. The van der Waals surface area contributed by atoms with Gasteiger partial charge in [-0.05, 0) is 25.6 Å². The lowest BCUT2D eigenvalue weighted by atomic mass is 10.2. The van der Waals surface area contributed by atoms with Crippen LogP contribution in [0.5, 0.6) is 0 Å². The standard InChI is InChI=1S/C14H18N4O3S2/c1-15-23(20,21)9-8-17-13(19)3-2-12-10-22-14(18-12)11-4-6-16-7-5-11/h4-7,10,15H,2-3,8-9H2,1H3,(H,17,19). The molecule has 0 aliphatic carbocycles. The van der Waals surface area contributed by atoms with Gasteiger partial charge in [-0.3, -0.25) is 9.78 Å². The van der Waals surface area contributed by atoms with E-state index in [-0.39, 0.29) is 24.6 Å². The lowest BCUT2D eigenvalue weighted by molar-refractivity contribution is -0.120. The second kappa shape index (κ2) is 8.14. The van der Waals surface area contributed by atoms with E-state index in [0.29, 0.717) is 6.42 Å². The van der Waals surface area contributed by atoms with Crippen molar-refractivity contribution >= 4 is 27.3 Å². The molecule has 2 aromatic heterocycles. The smallest absolute Gasteiger partial charge is 0.220 e. The van der Waals surface area contributed by atoms with Gasteiger partial charge in [0.1, 0.15) is 5.01 Å². The van der Waals surface area contributed by atoms with E-state index in [9.17, 15) is 13.2 Å². The Morgan fingerprint density at radius 1 is 1.30 bits per heavy atom. The highest BCUT2D eigenvalue weighted by atomic mass is 32.2. The zero-order chi connectivity index (χ0) is 16.7. The average Bonchev–Trinajstić information content (AvgIpc) is 3.03. The van der Waals surface area contributed by atoms with Crippen LogP contribution in [0.3, 0.4) is 0 Å². The van der Waals surface area contributed by atoms with Crippen molar-refractivity contribution in [2.24, 2.45) is 0 Å². The summed E-state index contributed by atoms with van der Waals surface area (Å²) < 4.78 is 24.6. The van der Waals surface area contributed by atoms with Crippen LogP contribution in [0.25, 0.3) is 10.6 Å². The summed E-state index contributed by atoms with van der Waals surface area (Å²) in [6, 6.07) is 3.77. The first-order chi connectivity index (χ1) is 11.0. The number of nitrogens with zero attached hydrogens (tertiary/aromatic N) is 2. The maximum Gasteiger partial charge on any atom is 0.220 e. The number of pyridine rings is 1. The number of rotatable bonds is 8. The minimum absolute atomic E-state index is 0.0985. The monoisotopic (exact) mass is 354 g/mol. The molecular weight excluding hydrogens is 336 g/mol. The number of hydrogen-bond acceptors (Lipinski definition) is 6. The molecule has 0 radical (unpaired) electrons. The molecule has 0 saturated heterocycles. The summed E-state index contributed by atoms with van der Waals surface area (Å²) in [5, 5.41) is 5.41. The van der Waals surface area contributed by atoms with Gasteiger partial charge < -0.3 is 5.32 Å². The number of nitrogens with one attached hydrogen (secondary N) is 2. The minimum atomic E-state index is -3.29. The van der Waals surface area contributed by atoms with Gasteiger partial charge in [-0.15, -0.1) is 11.3 Å². The van der Waals surface area contributed by atoms with Crippen molar-refractivity contribution in [3.8, 4) is 10.6 Å². The first kappa shape index (κ1) is 17.5. The molecule has 2 N–H and O–H groups in total. The number of carbonyl (C=O) groups excluding carboxylic acids is 1. The number of hydrogen-bond donors (Lipinski definition) is 2. The Labute approximate surface area is 139 Å². The van der Waals surface area contributed by atoms with Crippen LogP contribution >= 0.6 is 11.3 Å². The van der Waals surface area contributed by atoms with Crippen LogP contribution in [-0.2, 0) is 21.2 Å². The second-order valence-corrected chi connectivity index (χ2v) is 7.66. The fourth-order valence-corrected chi connectivity index (χ4v) is 3.24. The van der Waals surface area contributed by atoms with Gasteiger partial charge in [0.25, 0.3) is 0 Å². The second-order valence-electron chi connectivity index (χ2n) is 4.75. The highest BCUT2D eigenvalue weighted by Crippen LogP contribution is 2.23. The predicted octanol–water partition coefficient (Wildman–Crippen LogP) is 0.803. The Bertz CT molecular complexity index is 744. The van der Waals surface area contributed by atoms with E-state index in [2.05, 4.69) is 20.0 Å². The molecule has 7 nitrogen and oxygen atoms in total. The van der Waals surface area contributed by atoms with Crippen molar-refractivity contribution in [2.75, 3.05) is 19.3 Å². The summed E-state index contributed by atoms with van der Waals surface area (Å²) in [7, 11) is -1.94. The lowest BCUT2D eigenvalue weighted by Crippen LogP contribution is -2.33. The van der Waals surface area contributed by atoms with Crippen molar-refractivity contribution in [2.45, 2.75) is 12.8 Å². The molecule has 0 aliphatic rings. The first-order valence-electron chi connectivity index (χ1n) is 7.03. The summed E-state index contributed by atoms with van der Waals surface area (Å²) in [6.45, 7) is 0.0985. The summed E-state index contributed by atoms with van der Waals surface area (Å²) in [5.74, 6) is -0.312. The molecule has 0 spiro atoms. The van der Waals surface area contributed by atoms with E-state index < -0.39 is 10.0 Å². The fraction of sp³-hybridized carbons (Fsp3) is 0.357. The normalized spacial score (nSPS) is 11.3. The SMILES string of the molecule is CNS(=O)(=O)CCNC(=O)CCc1csc(-c2ccncc2)n1. The van der Waals surface area contributed by atoms with Gasteiger partial charge in [0, 0.05) is 36.3 Å². The van der Waals surface area contributed by atoms with Gasteiger partial charge in [-0.2, -0.15) is 0 Å². The molecule has 9 heteroatoms. The van der Waals surface area contributed by atoms with Crippen LogP contribution in [0.4, 0.5) is 0 Å². The van der Waals surface area contributed by atoms with Crippen LogP contribution < -0.4 is 10.0 Å². The highest BCUT2D eigenvalue weighted by molar-refractivity contribution is 7.89. The van der Waals surface area contributed by atoms with E-state index in [1.165, 1.54) is 18.4 Å². The molecule has 124 valence electrons. The maximum atomic E-state index is 11.7. The van der Waals surface area contributed by atoms with Crippen molar-refractivity contribution in [3.63, 3.8) is 0 Å². The topological polar surface area (TPSA) is 101 Å². The number of carbonyl (C=O) groups is 1. The molecule has 0 fully saturated rings. The molecule has 0 saturated carbocycles. The van der Waals surface area contributed by atoms with Crippen molar-refractivity contribution < 1.29 is 13.2 Å². The fourth-order valence-electron chi connectivity index (χ4n) is 1.81. The van der Waals surface area contributed by atoms with Crippen molar-refractivity contribution in [1.82, 2.24) is 20.0 Å². The third-order valence-electron chi connectivity index (χ3n) is 3.09. The van der Waals surface area contributed by atoms with Crippen LogP contribution in [0.2, 0.25) is 0 Å². The van der Waals surface area contributed by atoms with Crippen LogP contribution in [-0.4, -0.2) is 43.6 Å². The first-order valence-corrected chi connectivity index (χ1v) is 9.56. The summed E-state index contributed by atoms with van der Waals surface area (Å²) >= 11 is 1.52. The third-order valence-corrected chi connectivity index (χ3v) is 5.39. The highest BCUT2D eigenvalue weighted by Gasteiger charge is 2.09. The zero-order valence-corrected chi connectivity index (χ0v) is 14.3. The van der Waals surface area contributed by atoms with Crippen molar-refractivity contribution in [3.05, 3.63) is 35.6 Å². The Morgan fingerprint density at radius 3 is 2.74 bits per heavy atom. The molecule has 0 atom stereocenters. The van der Waals surface area contributed by atoms with Crippen LogP contribution in [0, 0.1) is 0 Å². The molecule has 0 bridgehead atoms. The zero-order valence-electron chi connectivity index (χ0n) is 12.7. The van der Waals surface area contributed by atoms with Crippen LogP contribution in [0.1, 0.15) is 12.1 Å². The van der Waals surface area contributed by atoms with E-state index in [4.69, 9.17) is 0 Å². The quantitative estimate of drug-likeness (QED) is 0.730. The number of sulfonamides is 1. The van der Waals surface area contributed by atoms with Gasteiger partial charge >= 0.3 is 0 Å². The maximum absolute atomic E-state index is 11.7. The predicted molar refractivity (Wildman–Crippen MR) is 89.5 cm³/mol. The summed E-state index contributed by atoms with van der Waals surface area (Å²) in [6.07, 6.45) is 4.22. The number of thiazole rings is 1. The Hall–Kier alpha value is -1.84. The largest absolute Gasteiger partial charge is 0.355 e. The number of aromatic nitrogens is 2. The summed E-state index contributed by atoms with van der Waals surface area (Å²) in [5.41, 5.74) is 1.85. The summed E-state index contributed by atoms with van der Waals surface area (Å²) in [4.78, 5) is 20.2. The molecule has 2 aromatic rings. The Kier molecular flexibility index (Phi) is 6.20. The van der Waals surface area contributed by atoms with E-state index in [0.717, 1.165) is 16.3 Å². The average molecular weight is 354 g/mol. The van der Waals surface area contributed by atoms with Gasteiger partial charge in [0.2, 0.25) is 15.9 Å². The van der Waals surface area contributed by atoms with E-state index in [1.807, 2.05) is 17.5 Å². The van der Waals surface area contributed by atoms with Crippen molar-refractivity contribution in [1.29, 1.82) is 0 Å². The van der Waals surface area contributed by atoms with Crippen LogP contribution in [0.15, 0.2) is 29.9 Å². The molecular formula is C14H18N4O3S2. The molecule has 0 aromatic carbocycles. The van der Waals surface area contributed by atoms with Gasteiger partial charge in [-0.25, -0.2) is 18.1 Å². The molecule has 0 aliphatic heterocycles. The van der Waals surface area contributed by atoms with Gasteiger partial charge in [0.15, 0.2) is 0 Å². The lowest BCUT2D eigenvalue weighted by Gasteiger charge is -2.04. The van der Waals surface area contributed by atoms with E-state index >= 15 is 0 Å². The van der Waals surface area contributed by atoms with E-state index in [1.54, 1.807) is 12.4 Å². The number of aryl methyl sites for hydroxylation is 1. The molecule has 2 heterocycles. The Balaban J connectivity index is 1.78.